The smallest absolute Gasteiger partial charge is 0.194 e. The Morgan fingerprint density at radius 3 is 2.40 bits per heavy atom. The van der Waals surface area contributed by atoms with Gasteiger partial charge < -0.3 is 15.1 Å². The van der Waals surface area contributed by atoms with Crippen molar-refractivity contribution in [1.82, 2.24) is 24.9 Å². The van der Waals surface area contributed by atoms with Gasteiger partial charge in [0.05, 0.1) is 6.54 Å². The lowest BCUT2D eigenvalue weighted by Crippen LogP contribution is -2.53. The molecule has 3 rings (SSSR count). The van der Waals surface area contributed by atoms with Crippen LogP contribution in [0.25, 0.3) is 6.08 Å². The van der Waals surface area contributed by atoms with Crippen LogP contribution in [0.4, 0.5) is 0 Å². The third kappa shape index (κ3) is 7.11. The first kappa shape index (κ1) is 22.8. The van der Waals surface area contributed by atoms with Crippen LogP contribution >= 0.6 is 0 Å². The van der Waals surface area contributed by atoms with Crippen LogP contribution in [0.15, 0.2) is 41.4 Å². The highest BCUT2D eigenvalue weighted by molar-refractivity contribution is 5.80. The van der Waals surface area contributed by atoms with Crippen molar-refractivity contribution in [3.63, 3.8) is 0 Å². The summed E-state index contributed by atoms with van der Waals surface area (Å²) in [5.41, 5.74) is 1.27. The van der Waals surface area contributed by atoms with Gasteiger partial charge in [0.25, 0.3) is 0 Å². The van der Waals surface area contributed by atoms with Crippen molar-refractivity contribution in [3.05, 3.63) is 42.0 Å². The van der Waals surface area contributed by atoms with Gasteiger partial charge in [0.1, 0.15) is 0 Å². The third-order valence-electron chi connectivity index (χ3n) is 6.15. The predicted molar refractivity (Wildman–Crippen MR) is 128 cm³/mol. The first-order valence-corrected chi connectivity index (χ1v) is 11.6. The number of rotatable bonds is 7. The molecule has 30 heavy (non-hydrogen) atoms. The summed E-state index contributed by atoms with van der Waals surface area (Å²) in [5.74, 6) is 1.08. The van der Waals surface area contributed by atoms with E-state index in [0.717, 1.165) is 78.0 Å². The van der Waals surface area contributed by atoms with Gasteiger partial charge in [-0.3, -0.25) is 14.8 Å². The van der Waals surface area contributed by atoms with Gasteiger partial charge in [0.2, 0.25) is 0 Å². The molecule has 0 saturated carbocycles. The molecule has 0 aliphatic carbocycles. The van der Waals surface area contributed by atoms with Gasteiger partial charge in [-0.05, 0) is 26.5 Å². The number of hydrogen-bond acceptors (Lipinski definition) is 4. The zero-order valence-electron chi connectivity index (χ0n) is 19.1. The summed E-state index contributed by atoms with van der Waals surface area (Å²) >= 11 is 0. The Labute approximate surface area is 183 Å². The maximum Gasteiger partial charge on any atom is 0.194 e. The molecule has 6 heteroatoms. The van der Waals surface area contributed by atoms with E-state index in [1.807, 2.05) is 0 Å². The molecule has 2 saturated heterocycles. The van der Waals surface area contributed by atoms with Gasteiger partial charge in [-0.25, -0.2) is 0 Å². The molecular weight excluding hydrogens is 372 g/mol. The average Bonchev–Trinajstić information content (AvgIpc) is 2.78. The minimum atomic E-state index is 0.497. The highest BCUT2D eigenvalue weighted by atomic mass is 15.3. The lowest BCUT2D eigenvalue weighted by molar-refractivity contribution is 0.121. The minimum absolute atomic E-state index is 0.497. The lowest BCUT2D eigenvalue weighted by atomic mass is 10.2. The van der Waals surface area contributed by atoms with Crippen LogP contribution in [0.2, 0.25) is 0 Å². The van der Waals surface area contributed by atoms with Crippen LogP contribution < -0.4 is 5.32 Å². The fourth-order valence-corrected chi connectivity index (χ4v) is 4.07. The van der Waals surface area contributed by atoms with E-state index in [1.165, 1.54) is 5.56 Å². The molecule has 1 atom stereocenters. The van der Waals surface area contributed by atoms with Crippen molar-refractivity contribution in [3.8, 4) is 0 Å². The van der Waals surface area contributed by atoms with E-state index in [9.17, 15) is 0 Å². The Morgan fingerprint density at radius 1 is 1.03 bits per heavy atom. The van der Waals surface area contributed by atoms with E-state index in [1.54, 1.807) is 0 Å². The number of nitrogens with one attached hydrogen (secondary N) is 1. The van der Waals surface area contributed by atoms with Crippen LogP contribution in [0.1, 0.15) is 19.4 Å². The molecule has 0 spiro atoms. The molecule has 2 fully saturated rings. The van der Waals surface area contributed by atoms with E-state index in [-0.39, 0.29) is 0 Å². The largest absolute Gasteiger partial charge is 0.357 e. The molecule has 0 amide bonds. The fourth-order valence-electron chi connectivity index (χ4n) is 4.07. The highest BCUT2D eigenvalue weighted by Gasteiger charge is 2.21. The van der Waals surface area contributed by atoms with Crippen molar-refractivity contribution in [2.24, 2.45) is 4.99 Å². The summed E-state index contributed by atoms with van der Waals surface area (Å²) in [6.07, 6.45) is 4.50. The molecule has 2 heterocycles. The van der Waals surface area contributed by atoms with Crippen molar-refractivity contribution in [1.29, 1.82) is 0 Å². The minimum Gasteiger partial charge on any atom is -0.357 e. The molecule has 1 aromatic carbocycles. The number of hydrogen-bond donors (Lipinski definition) is 1. The molecule has 1 aromatic rings. The second-order valence-electron chi connectivity index (χ2n) is 8.48. The first-order valence-electron chi connectivity index (χ1n) is 11.6. The van der Waals surface area contributed by atoms with E-state index in [2.05, 4.69) is 88.3 Å². The monoisotopic (exact) mass is 412 g/mol. The molecule has 0 bridgehead atoms. The molecule has 1 unspecified atom stereocenters. The number of guanidine groups is 1. The lowest BCUT2D eigenvalue weighted by Gasteiger charge is -2.37. The summed E-state index contributed by atoms with van der Waals surface area (Å²) in [6, 6.07) is 11.0. The zero-order chi connectivity index (χ0) is 21.2. The molecule has 2 aliphatic heterocycles. The second kappa shape index (κ2) is 12.1. The molecule has 1 N–H and O–H groups in total. The first-order chi connectivity index (χ1) is 14.7. The van der Waals surface area contributed by atoms with Gasteiger partial charge >= 0.3 is 0 Å². The van der Waals surface area contributed by atoms with Gasteiger partial charge in [-0.15, -0.1) is 0 Å². The summed E-state index contributed by atoms with van der Waals surface area (Å²) in [6.45, 7) is 16.1. The van der Waals surface area contributed by atoms with Gasteiger partial charge in [-0.2, -0.15) is 0 Å². The third-order valence-corrected chi connectivity index (χ3v) is 6.15. The maximum atomic E-state index is 5.00. The van der Waals surface area contributed by atoms with E-state index < -0.39 is 0 Å². The quantitative estimate of drug-likeness (QED) is 0.547. The van der Waals surface area contributed by atoms with E-state index >= 15 is 0 Å². The summed E-state index contributed by atoms with van der Waals surface area (Å²) in [5, 5.41) is 3.51. The second-order valence-corrected chi connectivity index (χ2v) is 8.48. The predicted octanol–water partition coefficient (Wildman–Crippen LogP) is 1.92. The van der Waals surface area contributed by atoms with Crippen molar-refractivity contribution < 1.29 is 0 Å². The molecule has 0 aromatic heterocycles. The SMILES string of the molecule is CCNC(=NCC(C)N1CCN(C)CC1)N1CCN(C/C=C/c2ccccc2)CC1. The number of aliphatic imine (C=N–C) groups is 1. The summed E-state index contributed by atoms with van der Waals surface area (Å²) < 4.78 is 0. The maximum absolute atomic E-state index is 5.00. The number of likely N-dealkylation sites (N-methyl/N-ethyl adjacent to an activating group) is 1. The van der Waals surface area contributed by atoms with Crippen molar-refractivity contribution >= 4 is 12.0 Å². The normalized spacial score (nSPS) is 21.3. The Bertz CT molecular complexity index is 658. The molecule has 6 nitrogen and oxygen atoms in total. The van der Waals surface area contributed by atoms with Crippen molar-refractivity contribution in [2.75, 3.05) is 79.0 Å². The van der Waals surface area contributed by atoms with E-state index in [4.69, 9.17) is 4.99 Å². The Morgan fingerprint density at radius 2 is 1.73 bits per heavy atom. The van der Waals surface area contributed by atoms with Crippen LogP contribution in [0.5, 0.6) is 0 Å². The van der Waals surface area contributed by atoms with E-state index in [0.29, 0.717) is 6.04 Å². The number of nitrogens with zero attached hydrogens (tertiary/aromatic N) is 5. The standard InChI is InChI=1S/C24H40N6/c1-4-25-24(26-21-22(2)29-17-13-27(3)14-18-29)30-19-15-28(16-20-30)12-8-11-23-9-6-5-7-10-23/h5-11,22H,4,12-21H2,1-3H3,(H,25,26)/b11-8+. The highest BCUT2D eigenvalue weighted by Crippen LogP contribution is 2.08. The van der Waals surface area contributed by atoms with Gasteiger partial charge in [-0.1, -0.05) is 42.5 Å². The Kier molecular flexibility index (Phi) is 9.18. The molecule has 166 valence electrons. The summed E-state index contributed by atoms with van der Waals surface area (Å²) in [7, 11) is 2.21. The molecule has 0 radical (unpaired) electrons. The van der Waals surface area contributed by atoms with Crippen LogP contribution in [-0.4, -0.2) is 111 Å². The van der Waals surface area contributed by atoms with Gasteiger partial charge in [0.15, 0.2) is 5.96 Å². The Hall–Kier alpha value is -1.89. The van der Waals surface area contributed by atoms with Crippen molar-refractivity contribution in [2.45, 2.75) is 19.9 Å². The number of piperazine rings is 2. The van der Waals surface area contributed by atoms with Crippen LogP contribution in [0, 0.1) is 0 Å². The van der Waals surface area contributed by atoms with Crippen LogP contribution in [0.3, 0.4) is 0 Å². The average molecular weight is 413 g/mol. The topological polar surface area (TPSA) is 37.4 Å². The zero-order valence-corrected chi connectivity index (χ0v) is 19.1. The Balaban J connectivity index is 1.45. The van der Waals surface area contributed by atoms with Gasteiger partial charge in [0, 0.05) is 71.5 Å². The molecular formula is C24H40N6. The van der Waals surface area contributed by atoms with Crippen LogP contribution in [-0.2, 0) is 0 Å². The number of benzene rings is 1. The fraction of sp³-hybridized carbons (Fsp3) is 0.625. The molecule has 2 aliphatic rings. The summed E-state index contributed by atoms with van der Waals surface area (Å²) in [4.78, 5) is 14.9.